The van der Waals surface area contributed by atoms with Crippen molar-refractivity contribution < 1.29 is 14.6 Å². The smallest absolute Gasteiger partial charge is 0.320 e. The number of morpholine rings is 1. The van der Waals surface area contributed by atoms with Gasteiger partial charge in [-0.15, -0.1) is 0 Å². The molecule has 0 aromatic heterocycles. The second kappa shape index (κ2) is 5.29. The molecule has 2 N–H and O–H groups in total. The molecule has 1 heterocycles. The van der Waals surface area contributed by atoms with Crippen molar-refractivity contribution in [3.8, 4) is 0 Å². The SMILES string of the molecule is CC(C(=O)O)N(C)CC1CNCCO1. The Hall–Kier alpha value is -0.650. The van der Waals surface area contributed by atoms with Crippen molar-refractivity contribution in [2.24, 2.45) is 0 Å². The zero-order chi connectivity index (χ0) is 10.6. The summed E-state index contributed by atoms with van der Waals surface area (Å²) in [5.74, 6) is -0.795. The molecule has 0 saturated carbocycles. The predicted molar refractivity (Wildman–Crippen MR) is 52.3 cm³/mol. The molecular weight excluding hydrogens is 184 g/mol. The summed E-state index contributed by atoms with van der Waals surface area (Å²) >= 11 is 0. The zero-order valence-corrected chi connectivity index (χ0v) is 8.69. The number of rotatable bonds is 4. The third-order valence-electron chi connectivity index (χ3n) is 2.51. The maximum atomic E-state index is 10.7. The van der Waals surface area contributed by atoms with Crippen LogP contribution in [0, 0.1) is 0 Å². The van der Waals surface area contributed by atoms with E-state index in [4.69, 9.17) is 9.84 Å². The molecule has 2 unspecified atom stereocenters. The fourth-order valence-corrected chi connectivity index (χ4v) is 1.40. The number of carboxylic acids is 1. The van der Waals surface area contributed by atoms with Crippen LogP contribution in [0.15, 0.2) is 0 Å². The van der Waals surface area contributed by atoms with E-state index in [0.29, 0.717) is 13.2 Å². The highest BCUT2D eigenvalue weighted by atomic mass is 16.5. The molecule has 1 fully saturated rings. The van der Waals surface area contributed by atoms with Gasteiger partial charge in [-0.2, -0.15) is 0 Å². The third-order valence-corrected chi connectivity index (χ3v) is 2.51. The Bertz CT molecular complexity index is 192. The van der Waals surface area contributed by atoms with Crippen LogP contribution in [0.3, 0.4) is 0 Å². The molecule has 0 aromatic carbocycles. The van der Waals surface area contributed by atoms with Gasteiger partial charge < -0.3 is 15.2 Å². The number of carbonyl (C=O) groups is 1. The molecule has 2 atom stereocenters. The Morgan fingerprint density at radius 1 is 1.79 bits per heavy atom. The van der Waals surface area contributed by atoms with E-state index >= 15 is 0 Å². The highest BCUT2D eigenvalue weighted by Crippen LogP contribution is 2.02. The molecular formula is C9H18N2O3. The minimum absolute atomic E-state index is 0.107. The molecule has 0 radical (unpaired) electrons. The molecule has 5 heteroatoms. The van der Waals surface area contributed by atoms with Crippen molar-refractivity contribution in [3.63, 3.8) is 0 Å². The summed E-state index contributed by atoms with van der Waals surface area (Å²) in [6, 6.07) is -0.458. The Morgan fingerprint density at radius 2 is 2.50 bits per heavy atom. The molecule has 0 bridgehead atoms. The van der Waals surface area contributed by atoms with Gasteiger partial charge in [0.05, 0.1) is 12.7 Å². The summed E-state index contributed by atoms with van der Waals surface area (Å²) in [6.07, 6.45) is 0.107. The highest BCUT2D eigenvalue weighted by molar-refractivity contribution is 5.72. The van der Waals surface area contributed by atoms with Crippen molar-refractivity contribution in [2.75, 3.05) is 33.3 Å². The fourth-order valence-electron chi connectivity index (χ4n) is 1.40. The summed E-state index contributed by atoms with van der Waals surface area (Å²) in [5, 5.41) is 12.0. The van der Waals surface area contributed by atoms with E-state index in [1.54, 1.807) is 18.9 Å². The molecule has 82 valence electrons. The number of hydrogen-bond acceptors (Lipinski definition) is 4. The second-order valence-electron chi connectivity index (χ2n) is 3.65. The minimum Gasteiger partial charge on any atom is -0.480 e. The summed E-state index contributed by atoms with van der Waals surface area (Å²) in [5.41, 5.74) is 0. The quantitative estimate of drug-likeness (QED) is 0.636. The first-order valence-corrected chi connectivity index (χ1v) is 4.86. The summed E-state index contributed by atoms with van der Waals surface area (Å²) in [7, 11) is 1.80. The molecule has 0 amide bonds. The Morgan fingerprint density at radius 3 is 3.00 bits per heavy atom. The first-order valence-electron chi connectivity index (χ1n) is 4.86. The normalized spacial score (nSPS) is 24.9. The maximum Gasteiger partial charge on any atom is 0.320 e. The number of aliphatic carboxylic acids is 1. The Balaban J connectivity index is 2.31. The van der Waals surface area contributed by atoms with Crippen LogP contribution in [0.1, 0.15) is 6.92 Å². The molecule has 5 nitrogen and oxygen atoms in total. The van der Waals surface area contributed by atoms with E-state index in [9.17, 15) is 4.79 Å². The van der Waals surface area contributed by atoms with Gasteiger partial charge in [-0.05, 0) is 14.0 Å². The van der Waals surface area contributed by atoms with Gasteiger partial charge >= 0.3 is 5.97 Å². The molecule has 0 aliphatic carbocycles. The van der Waals surface area contributed by atoms with Crippen LogP contribution in [0.2, 0.25) is 0 Å². The molecule has 1 rings (SSSR count). The lowest BCUT2D eigenvalue weighted by molar-refractivity contribution is -0.142. The number of nitrogens with zero attached hydrogens (tertiary/aromatic N) is 1. The molecule has 14 heavy (non-hydrogen) atoms. The van der Waals surface area contributed by atoms with E-state index < -0.39 is 12.0 Å². The number of carboxylic acid groups (broad SMARTS) is 1. The molecule has 1 aliphatic rings. The van der Waals surface area contributed by atoms with E-state index in [1.807, 2.05) is 0 Å². The van der Waals surface area contributed by atoms with E-state index in [0.717, 1.165) is 13.1 Å². The van der Waals surface area contributed by atoms with Crippen LogP contribution in [0.4, 0.5) is 0 Å². The van der Waals surface area contributed by atoms with Crippen LogP contribution >= 0.6 is 0 Å². The average Bonchev–Trinajstić information content (AvgIpc) is 2.18. The van der Waals surface area contributed by atoms with Gasteiger partial charge in [0.25, 0.3) is 0 Å². The van der Waals surface area contributed by atoms with E-state index in [-0.39, 0.29) is 6.10 Å². The fraction of sp³-hybridized carbons (Fsp3) is 0.889. The van der Waals surface area contributed by atoms with Gasteiger partial charge in [-0.1, -0.05) is 0 Å². The number of likely N-dealkylation sites (N-methyl/N-ethyl adjacent to an activating group) is 1. The van der Waals surface area contributed by atoms with E-state index in [1.165, 1.54) is 0 Å². The highest BCUT2D eigenvalue weighted by Gasteiger charge is 2.21. The number of nitrogens with one attached hydrogen (secondary N) is 1. The lowest BCUT2D eigenvalue weighted by Gasteiger charge is -2.29. The van der Waals surface area contributed by atoms with Crippen LogP contribution in [0.5, 0.6) is 0 Å². The Labute approximate surface area is 84.0 Å². The second-order valence-corrected chi connectivity index (χ2v) is 3.65. The van der Waals surface area contributed by atoms with E-state index in [2.05, 4.69) is 5.32 Å². The van der Waals surface area contributed by atoms with Gasteiger partial charge in [0.1, 0.15) is 6.04 Å². The van der Waals surface area contributed by atoms with Gasteiger partial charge in [0, 0.05) is 19.6 Å². The van der Waals surface area contributed by atoms with Crippen molar-refractivity contribution in [3.05, 3.63) is 0 Å². The standard InChI is InChI=1S/C9H18N2O3/c1-7(9(12)13)11(2)6-8-5-10-3-4-14-8/h7-8,10H,3-6H2,1-2H3,(H,12,13). The largest absolute Gasteiger partial charge is 0.480 e. The maximum absolute atomic E-state index is 10.7. The van der Waals surface area contributed by atoms with Crippen LogP contribution in [-0.4, -0.2) is 61.4 Å². The molecule has 0 spiro atoms. The number of hydrogen-bond donors (Lipinski definition) is 2. The predicted octanol–water partition coefficient (Wildman–Crippen LogP) is -0.620. The molecule has 1 saturated heterocycles. The average molecular weight is 202 g/mol. The van der Waals surface area contributed by atoms with Crippen LogP contribution < -0.4 is 5.32 Å². The van der Waals surface area contributed by atoms with Gasteiger partial charge in [-0.25, -0.2) is 0 Å². The van der Waals surface area contributed by atoms with Gasteiger partial charge in [0.2, 0.25) is 0 Å². The first-order chi connectivity index (χ1) is 6.61. The lowest BCUT2D eigenvalue weighted by atomic mass is 10.2. The Kier molecular flexibility index (Phi) is 4.31. The summed E-state index contributed by atoms with van der Waals surface area (Å²) in [6.45, 7) is 4.73. The molecule has 1 aliphatic heterocycles. The molecule has 0 aromatic rings. The van der Waals surface area contributed by atoms with Crippen molar-refractivity contribution in [2.45, 2.75) is 19.1 Å². The number of ether oxygens (including phenoxy) is 1. The van der Waals surface area contributed by atoms with Crippen molar-refractivity contribution in [1.82, 2.24) is 10.2 Å². The first kappa shape index (κ1) is 11.4. The van der Waals surface area contributed by atoms with Crippen molar-refractivity contribution >= 4 is 5.97 Å². The van der Waals surface area contributed by atoms with Gasteiger partial charge in [-0.3, -0.25) is 9.69 Å². The van der Waals surface area contributed by atoms with Crippen molar-refractivity contribution in [1.29, 1.82) is 0 Å². The topological polar surface area (TPSA) is 61.8 Å². The summed E-state index contributed by atoms with van der Waals surface area (Å²) < 4.78 is 5.48. The zero-order valence-electron chi connectivity index (χ0n) is 8.69. The monoisotopic (exact) mass is 202 g/mol. The third kappa shape index (κ3) is 3.25. The lowest BCUT2D eigenvalue weighted by Crippen LogP contribution is -2.47. The minimum atomic E-state index is -0.795. The van der Waals surface area contributed by atoms with Crippen LogP contribution in [-0.2, 0) is 9.53 Å². The summed E-state index contributed by atoms with van der Waals surface area (Å²) in [4.78, 5) is 12.5. The van der Waals surface area contributed by atoms with Crippen LogP contribution in [0.25, 0.3) is 0 Å². The van der Waals surface area contributed by atoms with Gasteiger partial charge in [0.15, 0.2) is 0 Å².